The molecule has 0 spiro atoms. The fourth-order valence-corrected chi connectivity index (χ4v) is 4.46. The number of thiocarbonyl (C=S) groups is 1. The van der Waals surface area contributed by atoms with Crippen molar-refractivity contribution in [1.29, 1.82) is 0 Å². The Morgan fingerprint density at radius 1 is 1.15 bits per heavy atom. The van der Waals surface area contributed by atoms with Gasteiger partial charge in [0.25, 0.3) is 11.8 Å². The Hall–Kier alpha value is -3.69. The fraction of sp³-hybridized carbons (Fsp3) is 0.0417. The number of ether oxygens (including phenoxy) is 1. The first kappa shape index (κ1) is 22.5. The van der Waals surface area contributed by atoms with Gasteiger partial charge in [-0.25, -0.2) is 4.39 Å². The molecule has 4 rings (SSSR count). The van der Waals surface area contributed by atoms with Crippen molar-refractivity contribution in [1.82, 2.24) is 0 Å². The van der Waals surface area contributed by atoms with Gasteiger partial charge in [-0.15, -0.1) is 0 Å². The summed E-state index contributed by atoms with van der Waals surface area (Å²) in [5.41, 5.74) is 1.60. The number of halogens is 1. The van der Waals surface area contributed by atoms with Gasteiger partial charge in [-0.1, -0.05) is 42.2 Å². The van der Waals surface area contributed by atoms with E-state index in [1.165, 1.54) is 36.3 Å². The standard InChI is InChI=1S/C24H17FN2O4S2/c1-31-19-7-3-4-14(21(19)28)13-20-23(30)27(24(32)33-20)18-6-2-5-15(12-18)22(29)26-17-10-8-16(25)9-11-17/h2-13,28H,1H3,(H,26,29)/b20-13+. The number of methoxy groups -OCH3 is 1. The predicted octanol–water partition coefficient (Wildman–Crippen LogP) is 5.20. The number of hydrogen-bond donors (Lipinski definition) is 2. The Morgan fingerprint density at radius 2 is 1.88 bits per heavy atom. The molecule has 0 unspecified atom stereocenters. The molecule has 0 aliphatic carbocycles. The molecule has 166 valence electrons. The van der Waals surface area contributed by atoms with E-state index in [0.29, 0.717) is 37.5 Å². The highest BCUT2D eigenvalue weighted by Crippen LogP contribution is 2.38. The van der Waals surface area contributed by atoms with Crippen molar-refractivity contribution in [3.63, 3.8) is 0 Å². The topological polar surface area (TPSA) is 78.9 Å². The molecule has 1 fully saturated rings. The summed E-state index contributed by atoms with van der Waals surface area (Å²) in [5, 5.41) is 13.0. The third kappa shape index (κ3) is 4.74. The summed E-state index contributed by atoms with van der Waals surface area (Å²) in [4.78, 5) is 27.4. The summed E-state index contributed by atoms with van der Waals surface area (Å²) < 4.78 is 18.5. The maximum atomic E-state index is 13.1. The van der Waals surface area contributed by atoms with Crippen molar-refractivity contribution in [2.45, 2.75) is 0 Å². The number of benzene rings is 3. The van der Waals surface area contributed by atoms with Crippen LogP contribution >= 0.6 is 24.0 Å². The van der Waals surface area contributed by atoms with Gasteiger partial charge in [0.1, 0.15) is 5.82 Å². The predicted molar refractivity (Wildman–Crippen MR) is 131 cm³/mol. The van der Waals surface area contributed by atoms with Gasteiger partial charge >= 0.3 is 0 Å². The van der Waals surface area contributed by atoms with Crippen molar-refractivity contribution in [2.75, 3.05) is 17.3 Å². The highest BCUT2D eigenvalue weighted by atomic mass is 32.2. The molecule has 2 N–H and O–H groups in total. The molecule has 3 aromatic rings. The van der Waals surface area contributed by atoms with Crippen molar-refractivity contribution in [2.24, 2.45) is 0 Å². The van der Waals surface area contributed by atoms with E-state index in [4.69, 9.17) is 17.0 Å². The highest BCUT2D eigenvalue weighted by Gasteiger charge is 2.34. The number of rotatable bonds is 5. The molecule has 1 aliphatic rings. The number of carbonyl (C=O) groups is 2. The van der Waals surface area contributed by atoms with Crippen LogP contribution in [0.15, 0.2) is 71.6 Å². The van der Waals surface area contributed by atoms with E-state index in [-0.39, 0.29) is 11.7 Å². The van der Waals surface area contributed by atoms with Crippen LogP contribution in [-0.4, -0.2) is 28.4 Å². The molecular weight excluding hydrogens is 463 g/mol. The van der Waals surface area contributed by atoms with E-state index in [9.17, 15) is 19.1 Å². The molecule has 0 radical (unpaired) electrons. The van der Waals surface area contributed by atoms with Crippen molar-refractivity contribution >= 4 is 57.6 Å². The van der Waals surface area contributed by atoms with Crippen molar-refractivity contribution in [3.8, 4) is 11.5 Å². The number of para-hydroxylation sites is 1. The summed E-state index contributed by atoms with van der Waals surface area (Å²) in [5.74, 6) is -0.974. The van der Waals surface area contributed by atoms with Crippen LogP contribution in [-0.2, 0) is 4.79 Å². The zero-order chi connectivity index (χ0) is 23.5. The molecule has 2 amide bonds. The first-order valence-corrected chi connectivity index (χ1v) is 10.9. The number of hydrogen-bond acceptors (Lipinski definition) is 6. The number of carbonyl (C=O) groups excluding carboxylic acids is 2. The molecule has 33 heavy (non-hydrogen) atoms. The number of amides is 2. The SMILES string of the molecule is COc1cccc(/C=C2/SC(=S)N(c3cccc(C(=O)Nc4ccc(F)cc4)c3)C2=O)c1O. The van der Waals surface area contributed by atoms with Crippen LogP contribution in [0, 0.1) is 5.82 Å². The smallest absolute Gasteiger partial charge is 0.270 e. The fourth-order valence-electron chi connectivity index (χ4n) is 3.17. The second kappa shape index (κ2) is 9.43. The Labute approximate surface area is 198 Å². The molecule has 0 atom stereocenters. The monoisotopic (exact) mass is 480 g/mol. The van der Waals surface area contributed by atoms with Crippen molar-refractivity contribution in [3.05, 3.63) is 88.6 Å². The van der Waals surface area contributed by atoms with Crippen molar-refractivity contribution < 1.29 is 23.8 Å². The number of phenols is 1. The van der Waals surface area contributed by atoms with Crippen LogP contribution in [0.25, 0.3) is 6.08 Å². The van der Waals surface area contributed by atoms with Crippen LogP contribution in [0.3, 0.4) is 0 Å². The summed E-state index contributed by atoms with van der Waals surface area (Å²) in [6.45, 7) is 0. The van der Waals surface area contributed by atoms with Gasteiger partial charge in [0.2, 0.25) is 0 Å². The molecule has 3 aromatic carbocycles. The summed E-state index contributed by atoms with van der Waals surface area (Å²) >= 11 is 6.50. The maximum absolute atomic E-state index is 13.1. The van der Waals surface area contributed by atoms with Gasteiger partial charge in [-0.2, -0.15) is 0 Å². The largest absolute Gasteiger partial charge is 0.504 e. The van der Waals surface area contributed by atoms with Crippen LogP contribution < -0.4 is 15.0 Å². The van der Waals surface area contributed by atoms with Gasteiger partial charge in [-0.05, 0) is 54.6 Å². The molecule has 0 aromatic heterocycles. The summed E-state index contributed by atoms with van der Waals surface area (Å²) in [6, 6.07) is 16.8. The summed E-state index contributed by atoms with van der Waals surface area (Å²) in [7, 11) is 1.44. The lowest BCUT2D eigenvalue weighted by Crippen LogP contribution is -2.27. The van der Waals surface area contributed by atoms with Gasteiger partial charge in [0.05, 0.1) is 17.7 Å². The van der Waals surface area contributed by atoms with E-state index in [1.807, 2.05) is 0 Å². The Morgan fingerprint density at radius 3 is 2.61 bits per heavy atom. The molecule has 0 bridgehead atoms. The number of nitrogens with zero attached hydrogens (tertiary/aromatic N) is 1. The van der Waals surface area contributed by atoms with Gasteiger partial charge in [0.15, 0.2) is 15.8 Å². The minimum atomic E-state index is -0.411. The first-order chi connectivity index (χ1) is 15.9. The minimum Gasteiger partial charge on any atom is -0.504 e. The van der Waals surface area contributed by atoms with E-state index in [1.54, 1.807) is 48.5 Å². The number of phenolic OH excluding ortho intramolecular Hbond substituents is 1. The third-order valence-electron chi connectivity index (χ3n) is 4.80. The van der Waals surface area contributed by atoms with E-state index < -0.39 is 11.7 Å². The van der Waals surface area contributed by atoms with E-state index >= 15 is 0 Å². The Kier molecular flexibility index (Phi) is 6.43. The zero-order valence-electron chi connectivity index (χ0n) is 17.2. The third-order valence-corrected chi connectivity index (χ3v) is 6.10. The summed E-state index contributed by atoms with van der Waals surface area (Å²) in [6.07, 6.45) is 1.54. The molecule has 1 saturated heterocycles. The van der Waals surface area contributed by atoms with Crippen LogP contribution in [0.5, 0.6) is 11.5 Å². The number of anilines is 2. The van der Waals surface area contributed by atoms with Crippen LogP contribution in [0.2, 0.25) is 0 Å². The lowest BCUT2D eigenvalue weighted by molar-refractivity contribution is -0.113. The molecular formula is C24H17FN2O4S2. The van der Waals surface area contributed by atoms with E-state index in [0.717, 1.165) is 11.8 Å². The normalized spacial score (nSPS) is 14.6. The van der Waals surface area contributed by atoms with E-state index in [2.05, 4.69) is 5.32 Å². The molecule has 0 saturated carbocycles. The number of thioether (sulfide) groups is 1. The van der Waals surface area contributed by atoms with Crippen LogP contribution in [0.1, 0.15) is 15.9 Å². The second-order valence-corrected chi connectivity index (χ2v) is 8.60. The average molecular weight is 481 g/mol. The minimum absolute atomic E-state index is 0.0790. The zero-order valence-corrected chi connectivity index (χ0v) is 18.9. The number of nitrogens with one attached hydrogen (secondary N) is 1. The number of aromatic hydroxyl groups is 1. The first-order valence-electron chi connectivity index (χ1n) is 9.68. The quantitative estimate of drug-likeness (QED) is 0.386. The molecule has 9 heteroatoms. The molecule has 1 aliphatic heterocycles. The van der Waals surface area contributed by atoms with Gasteiger partial charge in [-0.3, -0.25) is 14.5 Å². The Bertz CT molecular complexity index is 1290. The van der Waals surface area contributed by atoms with Gasteiger partial charge < -0.3 is 15.2 Å². The second-order valence-electron chi connectivity index (χ2n) is 6.93. The highest BCUT2D eigenvalue weighted by molar-refractivity contribution is 8.27. The molecule has 1 heterocycles. The lowest BCUT2D eigenvalue weighted by atomic mass is 10.1. The lowest BCUT2D eigenvalue weighted by Gasteiger charge is -2.15. The van der Waals surface area contributed by atoms with Gasteiger partial charge in [0, 0.05) is 16.8 Å². The molecule has 6 nitrogen and oxygen atoms in total. The Balaban J connectivity index is 1.58. The average Bonchev–Trinajstić information content (AvgIpc) is 3.09. The maximum Gasteiger partial charge on any atom is 0.270 e. The van der Waals surface area contributed by atoms with Crippen LogP contribution in [0.4, 0.5) is 15.8 Å².